The van der Waals surface area contributed by atoms with Crippen LogP contribution in [0.25, 0.3) is 21.3 Å². The minimum absolute atomic E-state index is 0.737. The van der Waals surface area contributed by atoms with Crippen LogP contribution in [0.2, 0.25) is 5.02 Å². The molecule has 2 aromatic carbocycles. The van der Waals surface area contributed by atoms with Gasteiger partial charge in [0, 0.05) is 15.8 Å². The van der Waals surface area contributed by atoms with Gasteiger partial charge in [-0.2, -0.15) is 0 Å². The lowest BCUT2D eigenvalue weighted by atomic mass is 10.1. The predicted molar refractivity (Wildman–Crippen MR) is 98.4 cm³/mol. The second kappa shape index (κ2) is 6.32. The highest BCUT2D eigenvalue weighted by molar-refractivity contribution is 7.99. The number of hydrogen-bond donors (Lipinski definition) is 0. The summed E-state index contributed by atoms with van der Waals surface area (Å²) < 4.78 is 0. The van der Waals surface area contributed by atoms with Gasteiger partial charge in [-0.25, -0.2) is 9.97 Å². The minimum atomic E-state index is 0.737. The SMILES string of the molecule is Clc1ccccc1Sc1ncnc2scc(-c3ccccc3)c12. The first-order valence-electron chi connectivity index (χ1n) is 7.03. The zero-order valence-electron chi connectivity index (χ0n) is 11.9. The van der Waals surface area contributed by atoms with Crippen LogP contribution in [0.4, 0.5) is 0 Å². The van der Waals surface area contributed by atoms with Crippen molar-refractivity contribution in [3.05, 3.63) is 71.3 Å². The summed E-state index contributed by atoms with van der Waals surface area (Å²) in [5.74, 6) is 0. The van der Waals surface area contributed by atoms with E-state index in [1.807, 2.05) is 42.5 Å². The number of halogens is 1. The van der Waals surface area contributed by atoms with E-state index in [-0.39, 0.29) is 0 Å². The van der Waals surface area contributed by atoms with Gasteiger partial charge in [-0.3, -0.25) is 0 Å². The standard InChI is InChI=1S/C18H11ClN2S2/c19-14-8-4-5-9-15(14)23-18-16-13(12-6-2-1-3-7-12)10-22-17(16)20-11-21-18/h1-11H. The summed E-state index contributed by atoms with van der Waals surface area (Å²) in [6.07, 6.45) is 1.62. The third-order valence-corrected chi connectivity index (χ3v) is 5.87. The molecular formula is C18H11ClN2S2. The van der Waals surface area contributed by atoms with E-state index in [4.69, 9.17) is 11.6 Å². The number of thiophene rings is 1. The van der Waals surface area contributed by atoms with Crippen LogP contribution in [0.1, 0.15) is 0 Å². The van der Waals surface area contributed by atoms with Crippen molar-refractivity contribution in [1.29, 1.82) is 0 Å². The van der Waals surface area contributed by atoms with Crippen LogP contribution in [-0.4, -0.2) is 9.97 Å². The van der Waals surface area contributed by atoms with E-state index < -0.39 is 0 Å². The molecule has 0 radical (unpaired) electrons. The zero-order chi connectivity index (χ0) is 15.6. The molecule has 23 heavy (non-hydrogen) atoms. The van der Waals surface area contributed by atoms with Gasteiger partial charge >= 0.3 is 0 Å². The Balaban J connectivity index is 1.87. The molecule has 2 aromatic heterocycles. The number of rotatable bonds is 3. The van der Waals surface area contributed by atoms with E-state index in [0.29, 0.717) is 0 Å². The maximum atomic E-state index is 6.29. The highest BCUT2D eigenvalue weighted by Crippen LogP contribution is 2.41. The van der Waals surface area contributed by atoms with Gasteiger partial charge < -0.3 is 0 Å². The predicted octanol–water partition coefficient (Wildman–Crippen LogP) is 6.16. The van der Waals surface area contributed by atoms with Crippen molar-refractivity contribution < 1.29 is 0 Å². The fraction of sp³-hybridized carbons (Fsp3) is 0. The highest BCUT2D eigenvalue weighted by Gasteiger charge is 2.14. The van der Waals surface area contributed by atoms with E-state index in [9.17, 15) is 0 Å². The molecule has 0 aliphatic rings. The molecule has 4 aromatic rings. The second-order valence-electron chi connectivity index (χ2n) is 4.91. The molecule has 0 aliphatic heterocycles. The molecule has 0 aliphatic carbocycles. The van der Waals surface area contributed by atoms with Gasteiger partial charge in [0.25, 0.3) is 0 Å². The third-order valence-electron chi connectivity index (χ3n) is 3.46. The lowest BCUT2D eigenvalue weighted by Gasteiger charge is -2.06. The van der Waals surface area contributed by atoms with E-state index in [1.165, 1.54) is 11.1 Å². The Bertz CT molecular complexity index is 967. The molecule has 0 fully saturated rings. The molecule has 0 atom stereocenters. The molecule has 2 nitrogen and oxygen atoms in total. The summed E-state index contributed by atoms with van der Waals surface area (Å²) in [4.78, 5) is 10.9. The molecule has 0 saturated heterocycles. The van der Waals surface area contributed by atoms with Crippen LogP contribution in [0.5, 0.6) is 0 Å². The first-order chi connectivity index (χ1) is 11.3. The zero-order valence-corrected chi connectivity index (χ0v) is 14.3. The molecule has 0 spiro atoms. The Labute approximate surface area is 147 Å². The van der Waals surface area contributed by atoms with E-state index >= 15 is 0 Å². The van der Waals surface area contributed by atoms with Gasteiger partial charge in [-0.15, -0.1) is 11.3 Å². The van der Waals surface area contributed by atoms with Crippen molar-refractivity contribution in [1.82, 2.24) is 9.97 Å². The molecule has 0 saturated carbocycles. The van der Waals surface area contributed by atoms with E-state index in [0.717, 1.165) is 25.2 Å². The normalized spacial score (nSPS) is 11.0. The Morgan fingerprint density at radius 3 is 2.52 bits per heavy atom. The average molecular weight is 355 g/mol. The van der Waals surface area contributed by atoms with Gasteiger partial charge in [-0.05, 0) is 17.7 Å². The van der Waals surface area contributed by atoms with E-state index in [1.54, 1.807) is 29.4 Å². The van der Waals surface area contributed by atoms with Crippen LogP contribution < -0.4 is 0 Å². The van der Waals surface area contributed by atoms with Crippen molar-refractivity contribution in [2.75, 3.05) is 0 Å². The van der Waals surface area contributed by atoms with Crippen LogP contribution in [0, 0.1) is 0 Å². The summed E-state index contributed by atoms with van der Waals surface area (Å²) in [5.41, 5.74) is 2.34. The first-order valence-corrected chi connectivity index (χ1v) is 9.10. The Hall–Kier alpha value is -1.88. The maximum absolute atomic E-state index is 6.29. The fourth-order valence-corrected chi connectivity index (χ4v) is 4.55. The number of nitrogens with zero attached hydrogens (tertiary/aromatic N) is 2. The second-order valence-corrected chi connectivity index (χ2v) is 7.20. The smallest absolute Gasteiger partial charge is 0.128 e. The fourth-order valence-electron chi connectivity index (χ4n) is 2.39. The van der Waals surface area contributed by atoms with Crippen molar-refractivity contribution in [2.24, 2.45) is 0 Å². The summed E-state index contributed by atoms with van der Waals surface area (Å²) in [5, 5.41) is 4.91. The Morgan fingerprint density at radius 2 is 1.70 bits per heavy atom. The largest absolute Gasteiger partial charge is 0.229 e. The van der Waals surface area contributed by atoms with Crippen LogP contribution in [0.3, 0.4) is 0 Å². The van der Waals surface area contributed by atoms with Gasteiger partial charge in [0.05, 0.1) is 10.4 Å². The summed E-state index contributed by atoms with van der Waals surface area (Å²) in [7, 11) is 0. The number of fused-ring (bicyclic) bond motifs is 1. The van der Waals surface area contributed by atoms with Crippen molar-refractivity contribution in [3.63, 3.8) is 0 Å². The van der Waals surface area contributed by atoms with Crippen LogP contribution in [-0.2, 0) is 0 Å². The molecule has 2 heterocycles. The minimum Gasteiger partial charge on any atom is -0.229 e. The molecule has 0 unspecified atom stereocenters. The lowest BCUT2D eigenvalue weighted by molar-refractivity contribution is 1.11. The molecule has 0 bridgehead atoms. The maximum Gasteiger partial charge on any atom is 0.128 e. The molecular weight excluding hydrogens is 344 g/mol. The Morgan fingerprint density at radius 1 is 0.913 bits per heavy atom. The quantitative estimate of drug-likeness (QED) is 0.412. The topological polar surface area (TPSA) is 25.8 Å². The third kappa shape index (κ3) is 2.85. The lowest BCUT2D eigenvalue weighted by Crippen LogP contribution is -1.86. The molecule has 112 valence electrons. The Kier molecular flexibility index (Phi) is 4.04. The molecule has 0 N–H and O–H groups in total. The number of benzene rings is 2. The number of hydrogen-bond acceptors (Lipinski definition) is 4. The van der Waals surface area contributed by atoms with Crippen LogP contribution >= 0.6 is 34.7 Å². The molecule has 0 amide bonds. The first kappa shape index (κ1) is 14.7. The monoisotopic (exact) mass is 354 g/mol. The summed E-state index contributed by atoms with van der Waals surface area (Å²) >= 11 is 9.52. The summed E-state index contributed by atoms with van der Waals surface area (Å²) in [6.45, 7) is 0. The number of aromatic nitrogens is 2. The molecule has 5 heteroatoms. The summed E-state index contributed by atoms with van der Waals surface area (Å²) in [6, 6.07) is 18.2. The van der Waals surface area contributed by atoms with Gasteiger partial charge in [-0.1, -0.05) is 65.8 Å². The van der Waals surface area contributed by atoms with Gasteiger partial charge in [0.1, 0.15) is 16.2 Å². The van der Waals surface area contributed by atoms with Crippen molar-refractivity contribution in [3.8, 4) is 11.1 Å². The molecule has 4 rings (SSSR count). The van der Waals surface area contributed by atoms with Gasteiger partial charge in [0.15, 0.2) is 0 Å². The average Bonchev–Trinajstić information content (AvgIpc) is 3.03. The van der Waals surface area contributed by atoms with Crippen LogP contribution in [0.15, 0.2) is 76.2 Å². The highest BCUT2D eigenvalue weighted by atomic mass is 35.5. The van der Waals surface area contributed by atoms with E-state index in [2.05, 4.69) is 27.5 Å². The van der Waals surface area contributed by atoms with Gasteiger partial charge in [0.2, 0.25) is 0 Å². The van der Waals surface area contributed by atoms with Crippen molar-refractivity contribution in [2.45, 2.75) is 9.92 Å². The van der Waals surface area contributed by atoms with Crippen molar-refractivity contribution >= 4 is 44.9 Å².